The SMILES string of the molecule is N#Cc1cc(F)c(Cl)cc1O[C@H](CN)c1ccccc1. The summed E-state index contributed by atoms with van der Waals surface area (Å²) >= 11 is 5.72. The second-order valence-electron chi connectivity index (χ2n) is 4.13. The van der Waals surface area contributed by atoms with E-state index in [0.29, 0.717) is 0 Å². The average molecular weight is 291 g/mol. The van der Waals surface area contributed by atoms with E-state index in [0.717, 1.165) is 11.6 Å². The normalized spacial score (nSPS) is 11.7. The van der Waals surface area contributed by atoms with Gasteiger partial charge in [0.05, 0.1) is 10.6 Å². The van der Waals surface area contributed by atoms with Gasteiger partial charge in [-0.05, 0) is 11.6 Å². The van der Waals surface area contributed by atoms with E-state index >= 15 is 0 Å². The number of nitriles is 1. The van der Waals surface area contributed by atoms with E-state index < -0.39 is 11.9 Å². The molecule has 0 aliphatic carbocycles. The molecule has 0 amide bonds. The van der Waals surface area contributed by atoms with Crippen molar-refractivity contribution in [3.63, 3.8) is 0 Å². The summed E-state index contributed by atoms with van der Waals surface area (Å²) in [7, 11) is 0. The Balaban J connectivity index is 2.33. The van der Waals surface area contributed by atoms with E-state index in [1.54, 1.807) is 0 Å². The van der Waals surface area contributed by atoms with E-state index in [1.165, 1.54) is 6.07 Å². The van der Waals surface area contributed by atoms with Crippen LogP contribution in [-0.4, -0.2) is 6.54 Å². The zero-order chi connectivity index (χ0) is 14.5. The Bertz CT molecular complexity index is 640. The molecule has 0 heterocycles. The standard InChI is InChI=1S/C15H12ClFN2O/c16-12-7-14(11(8-18)6-13(12)17)20-15(9-19)10-4-2-1-3-5-10/h1-7,15H,9,19H2/t15-/m1/s1. The first-order chi connectivity index (χ1) is 9.65. The summed E-state index contributed by atoms with van der Waals surface area (Å²) in [5, 5.41) is 8.92. The predicted molar refractivity (Wildman–Crippen MR) is 75.0 cm³/mol. The molecular weight excluding hydrogens is 279 g/mol. The van der Waals surface area contributed by atoms with Gasteiger partial charge in [-0.15, -0.1) is 0 Å². The minimum atomic E-state index is -0.653. The van der Waals surface area contributed by atoms with Crippen molar-refractivity contribution in [3.8, 4) is 11.8 Å². The largest absolute Gasteiger partial charge is 0.483 e. The molecule has 2 rings (SSSR count). The first-order valence-corrected chi connectivity index (χ1v) is 6.34. The lowest BCUT2D eigenvalue weighted by Crippen LogP contribution is -2.18. The second-order valence-corrected chi connectivity index (χ2v) is 4.53. The number of ether oxygens (including phenoxy) is 1. The van der Waals surface area contributed by atoms with Crippen LogP contribution < -0.4 is 10.5 Å². The number of hydrogen-bond acceptors (Lipinski definition) is 3. The van der Waals surface area contributed by atoms with Gasteiger partial charge in [-0.2, -0.15) is 5.26 Å². The van der Waals surface area contributed by atoms with Crippen LogP contribution in [0.3, 0.4) is 0 Å². The smallest absolute Gasteiger partial charge is 0.143 e. The summed E-state index contributed by atoms with van der Waals surface area (Å²) in [6.07, 6.45) is -0.426. The molecule has 0 radical (unpaired) electrons. The maximum absolute atomic E-state index is 13.3. The third-order valence-corrected chi connectivity index (χ3v) is 3.09. The lowest BCUT2D eigenvalue weighted by molar-refractivity contribution is 0.213. The van der Waals surface area contributed by atoms with E-state index in [2.05, 4.69) is 0 Å². The van der Waals surface area contributed by atoms with Gasteiger partial charge in [-0.3, -0.25) is 0 Å². The Morgan fingerprint density at radius 3 is 2.60 bits per heavy atom. The molecule has 0 spiro atoms. The summed E-state index contributed by atoms with van der Waals surface area (Å²) < 4.78 is 19.0. The summed E-state index contributed by atoms with van der Waals surface area (Å²) in [4.78, 5) is 0. The molecule has 0 unspecified atom stereocenters. The van der Waals surface area contributed by atoms with Crippen LogP contribution in [0.5, 0.6) is 5.75 Å². The summed E-state index contributed by atoms with van der Waals surface area (Å²) in [6.45, 7) is 0.226. The predicted octanol–water partition coefficient (Wildman–Crippen LogP) is 3.43. The first kappa shape index (κ1) is 14.3. The molecule has 0 saturated carbocycles. The first-order valence-electron chi connectivity index (χ1n) is 5.96. The minimum absolute atomic E-state index is 0.0845. The van der Waals surface area contributed by atoms with Gasteiger partial charge in [-0.1, -0.05) is 41.9 Å². The van der Waals surface area contributed by atoms with Crippen molar-refractivity contribution in [2.24, 2.45) is 5.73 Å². The Morgan fingerprint density at radius 1 is 1.30 bits per heavy atom. The lowest BCUT2D eigenvalue weighted by atomic mass is 10.1. The highest BCUT2D eigenvalue weighted by Gasteiger charge is 2.16. The van der Waals surface area contributed by atoms with E-state index in [-0.39, 0.29) is 22.9 Å². The fourth-order valence-electron chi connectivity index (χ4n) is 1.79. The van der Waals surface area contributed by atoms with Crippen molar-refractivity contribution >= 4 is 11.6 Å². The van der Waals surface area contributed by atoms with Gasteiger partial charge in [0.2, 0.25) is 0 Å². The summed E-state index contributed by atoms with van der Waals surface area (Å²) in [5.74, 6) is -0.433. The Labute approximate surface area is 121 Å². The lowest BCUT2D eigenvalue weighted by Gasteiger charge is -2.18. The van der Waals surface area contributed by atoms with Gasteiger partial charge in [0, 0.05) is 12.6 Å². The average Bonchev–Trinajstić information content (AvgIpc) is 2.48. The van der Waals surface area contributed by atoms with Crippen LogP contribution in [0, 0.1) is 17.1 Å². The molecule has 0 aliphatic heterocycles. The molecule has 20 heavy (non-hydrogen) atoms. The van der Waals surface area contributed by atoms with Crippen LogP contribution in [0.1, 0.15) is 17.2 Å². The monoisotopic (exact) mass is 290 g/mol. The molecule has 0 fully saturated rings. The quantitative estimate of drug-likeness (QED) is 0.938. The van der Waals surface area contributed by atoms with Gasteiger partial charge in [0.15, 0.2) is 0 Å². The number of nitrogens with zero attached hydrogens (tertiary/aromatic N) is 1. The maximum Gasteiger partial charge on any atom is 0.143 e. The molecule has 0 aliphatic rings. The summed E-state index contributed by atoms with van der Waals surface area (Å²) in [6, 6.07) is 13.6. The van der Waals surface area contributed by atoms with Gasteiger partial charge in [0.25, 0.3) is 0 Å². The number of benzene rings is 2. The highest BCUT2D eigenvalue weighted by atomic mass is 35.5. The van der Waals surface area contributed by atoms with Gasteiger partial charge < -0.3 is 10.5 Å². The number of nitrogens with two attached hydrogens (primary N) is 1. The van der Waals surface area contributed by atoms with E-state index in [9.17, 15) is 4.39 Å². The molecule has 2 aromatic carbocycles. The van der Waals surface area contributed by atoms with Crippen molar-refractivity contribution in [3.05, 3.63) is 64.4 Å². The van der Waals surface area contributed by atoms with Crippen molar-refractivity contribution in [1.29, 1.82) is 5.26 Å². The number of rotatable bonds is 4. The zero-order valence-corrected chi connectivity index (χ0v) is 11.3. The van der Waals surface area contributed by atoms with E-state index in [4.69, 9.17) is 27.3 Å². The van der Waals surface area contributed by atoms with Crippen LogP contribution in [0.25, 0.3) is 0 Å². The fourth-order valence-corrected chi connectivity index (χ4v) is 1.94. The molecule has 0 aromatic heterocycles. The van der Waals surface area contributed by atoms with Crippen LogP contribution in [0.15, 0.2) is 42.5 Å². The highest BCUT2D eigenvalue weighted by molar-refractivity contribution is 6.30. The molecule has 0 saturated heterocycles. The zero-order valence-electron chi connectivity index (χ0n) is 10.5. The van der Waals surface area contributed by atoms with E-state index in [1.807, 2.05) is 36.4 Å². The molecule has 3 nitrogen and oxygen atoms in total. The van der Waals surface area contributed by atoms with Crippen molar-refractivity contribution in [2.45, 2.75) is 6.10 Å². The molecule has 2 aromatic rings. The van der Waals surface area contributed by atoms with Gasteiger partial charge >= 0.3 is 0 Å². The third-order valence-electron chi connectivity index (χ3n) is 2.80. The van der Waals surface area contributed by atoms with Gasteiger partial charge in [0.1, 0.15) is 23.7 Å². The fraction of sp³-hybridized carbons (Fsp3) is 0.133. The molecule has 0 bridgehead atoms. The molecule has 102 valence electrons. The van der Waals surface area contributed by atoms with Crippen molar-refractivity contribution in [2.75, 3.05) is 6.54 Å². The molecule has 2 N–H and O–H groups in total. The van der Waals surface area contributed by atoms with Crippen LogP contribution in [0.2, 0.25) is 5.02 Å². The number of halogens is 2. The van der Waals surface area contributed by atoms with Gasteiger partial charge in [-0.25, -0.2) is 4.39 Å². The van der Waals surface area contributed by atoms with Crippen LogP contribution in [-0.2, 0) is 0 Å². The Hall–Kier alpha value is -2.09. The van der Waals surface area contributed by atoms with Crippen molar-refractivity contribution < 1.29 is 9.13 Å². The topological polar surface area (TPSA) is 59.0 Å². The molecular formula is C15H12ClFN2O. The van der Waals surface area contributed by atoms with Crippen molar-refractivity contribution in [1.82, 2.24) is 0 Å². The Kier molecular flexibility index (Phi) is 4.57. The number of hydrogen-bond donors (Lipinski definition) is 1. The second kappa shape index (κ2) is 6.38. The highest BCUT2D eigenvalue weighted by Crippen LogP contribution is 2.29. The molecule has 5 heteroatoms. The molecule has 1 atom stereocenters. The van der Waals surface area contributed by atoms with Crippen LogP contribution >= 0.6 is 11.6 Å². The third kappa shape index (κ3) is 3.08. The maximum atomic E-state index is 13.3. The van der Waals surface area contributed by atoms with Crippen LogP contribution in [0.4, 0.5) is 4.39 Å². The Morgan fingerprint density at radius 2 is 2.00 bits per heavy atom. The minimum Gasteiger partial charge on any atom is -0.483 e. The summed E-state index contributed by atoms with van der Waals surface area (Å²) in [5.41, 5.74) is 6.66.